The Kier molecular flexibility index (Phi) is 6.67. The monoisotopic (exact) mass is 298 g/mol. The molecule has 3 unspecified atom stereocenters. The lowest BCUT2D eigenvalue weighted by Crippen LogP contribution is -2.55. The van der Waals surface area contributed by atoms with Gasteiger partial charge in [-0.15, -0.1) is 0 Å². The van der Waals surface area contributed by atoms with Crippen LogP contribution in [0, 0.1) is 17.3 Å². The van der Waals surface area contributed by atoms with Crippen LogP contribution in [0.2, 0.25) is 0 Å². The molecule has 0 radical (unpaired) electrons. The number of likely N-dealkylation sites (tertiary alicyclic amines) is 1. The number of hydrogen-bond acceptors (Lipinski definition) is 3. The van der Waals surface area contributed by atoms with E-state index in [9.17, 15) is 9.90 Å². The van der Waals surface area contributed by atoms with Crippen molar-refractivity contribution in [3.8, 4) is 0 Å². The Morgan fingerprint density at radius 3 is 2.38 bits per heavy atom. The molecule has 1 amide bonds. The van der Waals surface area contributed by atoms with E-state index in [-0.39, 0.29) is 23.3 Å². The van der Waals surface area contributed by atoms with Crippen LogP contribution in [-0.4, -0.2) is 47.7 Å². The predicted molar refractivity (Wildman–Crippen MR) is 87.1 cm³/mol. The highest BCUT2D eigenvalue weighted by atomic mass is 16.3. The molecule has 0 aromatic carbocycles. The highest BCUT2D eigenvalue weighted by Crippen LogP contribution is 2.25. The van der Waals surface area contributed by atoms with E-state index in [1.54, 1.807) is 0 Å². The van der Waals surface area contributed by atoms with Gasteiger partial charge in [-0.05, 0) is 32.2 Å². The number of piperidine rings is 1. The molecule has 0 bridgehead atoms. The summed E-state index contributed by atoms with van der Waals surface area (Å²) in [6, 6.07) is 0.295. The van der Waals surface area contributed by atoms with E-state index in [2.05, 4.69) is 19.2 Å². The van der Waals surface area contributed by atoms with Crippen LogP contribution in [0.15, 0.2) is 0 Å². The van der Waals surface area contributed by atoms with Gasteiger partial charge in [0.05, 0.1) is 6.10 Å². The molecule has 1 aliphatic rings. The summed E-state index contributed by atoms with van der Waals surface area (Å²) in [6.07, 6.45) is 1.72. The zero-order chi connectivity index (χ0) is 16.2. The fourth-order valence-electron chi connectivity index (χ4n) is 2.85. The third-order valence-corrected chi connectivity index (χ3v) is 4.25. The molecule has 3 atom stereocenters. The fourth-order valence-corrected chi connectivity index (χ4v) is 2.85. The summed E-state index contributed by atoms with van der Waals surface area (Å²) in [7, 11) is 0. The van der Waals surface area contributed by atoms with Crippen molar-refractivity contribution in [1.29, 1.82) is 0 Å². The molecule has 1 aliphatic heterocycles. The Labute approximate surface area is 130 Å². The number of carbonyl (C=O) groups is 1. The SMILES string of the molecule is CC(C)CCNC1CC(C(C)O)CN(C(=O)C(C)(C)C)C1. The lowest BCUT2D eigenvalue weighted by Gasteiger charge is -2.41. The number of aliphatic hydroxyl groups is 1. The molecular weight excluding hydrogens is 264 g/mol. The molecule has 0 spiro atoms. The number of hydrogen-bond donors (Lipinski definition) is 2. The van der Waals surface area contributed by atoms with Gasteiger partial charge in [-0.25, -0.2) is 0 Å². The maximum absolute atomic E-state index is 12.5. The average molecular weight is 298 g/mol. The van der Waals surface area contributed by atoms with E-state index in [4.69, 9.17) is 0 Å². The van der Waals surface area contributed by atoms with Gasteiger partial charge in [-0.3, -0.25) is 4.79 Å². The van der Waals surface area contributed by atoms with Crippen LogP contribution in [0.1, 0.15) is 54.4 Å². The quantitative estimate of drug-likeness (QED) is 0.818. The molecule has 21 heavy (non-hydrogen) atoms. The minimum atomic E-state index is -0.366. The number of nitrogens with one attached hydrogen (secondary N) is 1. The first-order valence-electron chi connectivity index (χ1n) is 8.32. The molecule has 0 aromatic rings. The first-order chi connectivity index (χ1) is 9.61. The first-order valence-corrected chi connectivity index (χ1v) is 8.32. The molecule has 124 valence electrons. The van der Waals surface area contributed by atoms with Gasteiger partial charge in [0.1, 0.15) is 0 Å². The molecule has 0 aliphatic carbocycles. The Morgan fingerprint density at radius 2 is 1.90 bits per heavy atom. The minimum absolute atomic E-state index is 0.168. The zero-order valence-corrected chi connectivity index (χ0v) is 14.6. The summed E-state index contributed by atoms with van der Waals surface area (Å²) in [6.45, 7) is 14.6. The zero-order valence-electron chi connectivity index (χ0n) is 14.6. The highest BCUT2D eigenvalue weighted by Gasteiger charge is 2.35. The number of rotatable bonds is 5. The van der Waals surface area contributed by atoms with E-state index in [1.807, 2.05) is 32.6 Å². The molecule has 0 aromatic heterocycles. The maximum atomic E-state index is 12.5. The highest BCUT2D eigenvalue weighted by molar-refractivity contribution is 5.81. The van der Waals surface area contributed by atoms with Gasteiger partial charge in [0, 0.05) is 30.5 Å². The van der Waals surface area contributed by atoms with Crippen molar-refractivity contribution in [3.05, 3.63) is 0 Å². The molecule has 1 rings (SSSR count). The van der Waals surface area contributed by atoms with Crippen LogP contribution in [-0.2, 0) is 4.79 Å². The molecule has 2 N–H and O–H groups in total. The van der Waals surface area contributed by atoms with Crippen molar-refractivity contribution < 1.29 is 9.90 Å². The third kappa shape index (κ3) is 5.95. The number of nitrogens with zero attached hydrogens (tertiary/aromatic N) is 1. The van der Waals surface area contributed by atoms with Crippen molar-refractivity contribution in [2.45, 2.75) is 66.5 Å². The van der Waals surface area contributed by atoms with Crippen LogP contribution in [0.25, 0.3) is 0 Å². The molecule has 0 saturated carbocycles. The van der Waals surface area contributed by atoms with E-state index in [0.29, 0.717) is 18.5 Å². The standard InChI is InChI=1S/C17H34N2O2/c1-12(2)7-8-18-15-9-14(13(3)20)10-19(11-15)16(21)17(4,5)6/h12-15,18,20H,7-11H2,1-6H3. The Hall–Kier alpha value is -0.610. The Bertz CT molecular complexity index is 334. The van der Waals surface area contributed by atoms with Crippen molar-refractivity contribution in [3.63, 3.8) is 0 Å². The van der Waals surface area contributed by atoms with E-state index in [0.717, 1.165) is 25.9 Å². The van der Waals surface area contributed by atoms with Gasteiger partial charge in [-0.2, -0.15) is 0 Å². The van der Waals surface area contributed by atoms with Gasteiger partial charge in [0.15, 0.2) is 0 Å². The summed E-state index contributed by atoms with van der Waals surface area (Å²) in [5, 5.41) is 13.5. The first kappa shape index (κ1) is 18.4. The molecular formula is C17H34N2O2. The van der Waals surface area contributed by atoms with E-state index in [1.165, 1.54) is 0 Å². The summed E-state index contributed by atoms with van der Waals surface area (Å²) in [4.78, 5) is 14.5. The fraction of sp³-hybridized carbons (Fsp3) is 0.941. The van der Waals surface area contributed by atoms with E-state index < -0.39 is 0 Å². The predicted octanol–water partition coefficient (Wildman–Crippen LogP) is 2.27. The van der Waals surface area contributed by atoms with Gasteiger partial charge in [0.25, 0.3) is 0 Å². The Balaban J connectivity index is 2.66. The number of aliphatic hydroxyl groups excluding tert-OH is 1. The van der Waals surface area contributed by atoms with E-state index >= 15 is 0 Å². The summed E-state index contributed by atoms with van der Waals surface area (Å²) < 4.78 is 0. The molecule has 1 fully saturated rings. The summed E-state index contributed by atoms with van der Waals surface area (Å²) in [5.74, 6) is 1.03. The van der Waals surface area contributed by atoms with Gasteiger partial charge >= 0.3 is 0 Å². The van der Waals surface area contributed by atoms with Crippen LogP contribution >= 0.6 is 0 Å². The summed E-state index contributed by atoms with van der Waals surface area (Å²) >= 11 is 0. The average Bonchev–Trinajstić information content (AvgIpc) is 2.35. The van der Waals surface area contributed by atoms with Crippen LogP contribution in [0.3, 0.4) is 0 Å². The topological polar surface area (TPSA) is 52.6 Å². The van der Waals surface area contributed by atoms with Crippen molar-refractivity contribution in [2.75, 3.05) is 19.6 Å². The number of carbonyl (C=O) groups excluding carboxylic acids is 1. The number of amides is 1. The second kappa shape index (κ2) is 7.59. The maximum Gasteiger partial charge on any atom is 0.228 e. The normalized spacial score (nSPS) is 25.2. The van der Waals surface area contributed by atoms with Crippen molar-refractivity contribution >= 4 is 5.91 Å². The minimum Gasteiger partial charge on any atom is -0.393 e. The molecule has 1 heterocycles. The Morgan fingerprint density at radius 1 is 1.29 bits per heavy atom. The third-order valence-electron chi connectivity index (χ3n) is 4.25. The van der Waals surface area contributed by atoms with Crippen LogP contribution in [0.5, 0.6) is 0 Å². The second-order valence-electron chi connectivity index (χ2n) is 8.03. The van der Waals surface area contributed by atoms with Crippen LogP contribution < -0.4 is 5.32 Å². The lowest BCUT2D eigenvalue weighted by molar-refractivity contribution is -0.142. The molecule has 4 heteroatoms. The van der Waals surface area contributed by atoms with Gasteiger partial charge < -0.3 is 15.3 Å². The van der Waals surface area contributed by atoms with Gasteiger partial charge in [0.2, 0.25) is 5.91 Å². The lowest BCUT2D eigenvalue weighted by atomic mass is 9.87. The smallest absolute Gasteiger partial charge is 0.228 e. The second-order valence-corrected chi connectivity index (χ2v) is 8.03. The molecule has 4 nitrogen and oxygen atoms in total. The van der Waals surface area contributed by atoms with Crippen molar-refractivity contribution in [1.82, 2.24) is 10.2 Å². The summed E-state index contributed by atoms with van der Waals surface area (Å²) in [5.41, 5.74) is -0.358. The van der Waals surface area contributed by atoms with Crippen molar-refractivity contribution in [2.24, 2.45) is 17.3 Å². The van der Waals surface area contributed by atoms with Gasteiger partial charge in [-0.1, -0.05) is 34.6 Å². The largest absolute Gasteiger partial charge is 0.393 e. The van der Waals surface area contributed by atoms with Crippen LogP contribution in [0.4, 0.5) is 0 Å². The molecule has 1 saturated heterocycles.